The van der Waals surface area contributed by atoms with Crippen molar-refractivity contribution < 1.29 is 9.53 Å². The topological polar surface area (TPSA) is 29.5 Å². The highest BCUT2D eigenvalue weighted by atomic mass is 16.5. The lowest BCUT2D eigenvalue weighted by molar-refractivity contribution is -0.144. The molecule has 1 heterocycles. The normalized spacial score (nSPS) is 19.3. The summed E-state index contributed by atoms with van der Waals surface area (Å²) >= 11 is 0. The number of hydrogen-bond donors (Lipinski definition) is 0. The Bertz CT molecular complexity index is 453. The molecule has 0 aliphatic carbocycles. The largest absolute Gasteiger partial charge is 0.466 e. The Morgan fingerprint density at radius 1 is 1.37 bits per heavy atom. The van der Waals surface area contributed by atoms with Crippen molar-refractivity contribution in [3.05, 3.63) is 47.5 Å². The van der Waals surface area contributed by atoms with E-state index in [1.54, 1.807) is 0 Å². The minimum atomic E-state index is -0.114. The van der Waals surface area contributed by atoms with Gasteiger partial charge in [-0.15, -0.1) is 0 Å². The van der Waals surface area contributed by atoms with Crippen molar-refractivity contribution in [1.82, 2.24) is 4.90 Å². The van der Waals surface area contributed by atoms with Gasteiger partial charge in [0.25, 0.3) is 0 Å². The van der Waals surface area contributed by atoms with Gasteiger partial charge >= 0.3 is 5.97 Å². The fourth-order valence-electron chi connectivity index (χ4n) is 2.49. The minimum absolute atomic E-state index is 0.114. The first-order valence-corrected chi connectivity index (χ1v) is 6.80. The van der Waals surface area contributed by atoms with Crippen molar-refractivity contribution in [3.8, 4) is 0 Å². The van der Waals surface area contributed by atoms with Crippen LogP contribution in [0.15, 0.2) is 42.0 Å². The van der Waals surface area contributed by atoms with Crippen molar-refractivity contribution in [1.29, 1.82) is 0 Å². The van der Waals surface area contributed by atoms with Gasteiger partial charge in [0.1, 0.15) is 0 Å². The van der Waals surface area contributed by atoms with Gasteiger partial charge in [-0.2, -0.15) is 0 Å². The SMILES string of the molecule is CCOC(=O)CC1C=C(C)CN1Cc1ccccc1. The van der Waals surface area contributed by atoms with Crippen LogP contribution in [0.2, 0.25) is 0 Å². The van der Waals surface area contributed by atoms with Gasteiger partial charge in [0.2, 0.25) is 0 Å². The predicted octanol–water partition coefficient (Wildman–Crippen LogP) is 2.77. The maximum atomic E-state index is 11.6. The molecule has 1 atom stereocenters. The van der Waals surface area contributed by atoms with Crippen LogP contribution in [0.5, 0.6) is 0 Å². The molecule has 0 saturated heterocycles. The Morgan fingerprint density at radius 2 is 2.11 bits per heavy atom. The third-order valence-electron chi connectivity index (χ3n) is 3.31. The molecule has 0 fully saturated rings. The standard InChI is InChI=1S/C16H21NO2/c1-3-19-16(18)10-15-9-13(2)11-17(15)12-14-7-5-4-6-8-14/h4-9,15H,3,10-12H2,1-2H3. The average Bonchev–Trinajstić information content (AvgIpc) is 2.71. The summed E-state index contributed by atoms with van der Waals surface area (Å²) in [5, 5.41) is 0. The minimum Gasteiger partial charge on any atom is -0.466 e. The molecule has 1 aliphatic rings. The molecule has 0 N–H and O–H groups in total. The molecule has 3 nitrogen and oxygen atoms in total. The van der Waals surface area contributed by atoms with E-state index in [1.165, 1.54) is 11.1 Å². The zero-order chi connectivity index (χ0) is 13.7. The highest BCUT2D eigenvalue weighted by Crippen LogP contribution is 2.21. The van der Waals surface area contributed by atoms with Gasteiger partial charge in [-0.25, -0.2) is 0 Å². The molecule has 1 aromatic rings. The second-order valence-electron chi connectivity index (χ2n) is 4.98. The number of hydrogen-bond acceptors (Lipinski definition) is 3. The summed E-state index contributed by atoms with van der Waals surface area (Å²) in [5.74, 6) is -0.114. The van der Waals surface area contributed by atoms with Gasteiger partial charge in [-0.1, -0.05) is 42.0 Å². The molecule has 0 spiro atoms. The first kappa shape index (κ1) is 13.8. The van der Waals surface area contributed by atoms with Gasteiger partial charge in [-0.3, -0.25) is 9.69 Å². The maximum Gasteiger partial charge on any atom is 0.307 e. The molecule has 0 bridgehead atoms. The van der Waals surface area contributed by atoms with E-state index in [-0.39, 0.29) is 12.0 Å². The van der Waals surface area contributed by atoms with Crippen LogP contribution in [-0.4, -0.2) is 30.1 Å². The van der Waals surface area contributed by atoms with Crippen LogP contribution in [0.3, 0.4) is 0 Å². The number of rotatable bonds is 5. The molecule has 1 aliphatic heterocycles. The van der Waals surface area contributed by atoms with Crippen molar-refractivity contribution >= 4 is 5.97 Å². The molecule has 2 rings (SSSR count). The number of esters is 1. The van der Waals surface area contributed by atoms with Crippen molar-refractivity contribution in [3.63, 3.8) is 0 Å². The van der Waals surface area contributed by atoms with Gasteiger partial charge in [-0.05, 0) is 19.4 Å². The summed E-state index contributed by atoms with van der Waals surface area (Å²) in [7, 11) is 0. The summed E-state index contributed by atoms with van der Waals surface area (Å²) in [6.07, 6.45) is 2.62. The third-order valence-corrected chi connectivity index (χ3v) is 3.31. The maximum absolute atomic E-state index is 11.6. The number of carbonyl (C=O) groups is 1. The first-order chi connectivity index (χ1) is 9.19. The lowest BCUT2D eigenvalue weighted by Gasteiger charge is -2.23. The lowest BCUT2D eigenvalue weighted by atomic mass is 10.1. The van der Waals surface area contributed by atoms with E-state index < -0.39 is 0 Å². The molecule has 0 saturated carbocycles. The summed E-state index contributed by atoms with van der Waals surface area (Å²) < 4.78 is 5.04. The quantitative estimate of drug-likeness (QED) is 0.601. The second kappa shape index (κ2) is 6.53. The van der Waals surface area contributed by atoms with Gasteiger partial charge in [0, 0.05) is 19.1 Å². The zero-order valence-corrected chi connectivity index (χ0v) is 11.6. The van der Waals surface area contributed by atoms with Crippen molar-refractivity contribution in [2.45, 2.75) is 32.9 Å². The van der Waals surface area contributed by atoms with Crippen LogP contribution in [0.1, 0.15) is 25.8 Å². The summed E-state index contributed by atoms with van der Waals surface area (Å²) in [6, 6.07) is 10.5. The van der Waals surface area contributed by atoms with Gasteiger partial charge in [0.05, 0.1) is 13.0 Å². The number of nitrogens with zero attached hydrogens (tertiary/aromatic N) is 1. The highest BCUT2D eigenvalue weighted by molar-refractivity contribution is 5.70. The number of carbonyl (C=O) groups excluding carboxylic acids is 1. The molecule has 19 heavy (non-hydrogen) atoms. The van der Waals surface area contributed by atoms with Crippen molar-refractivity contribution in [2.24, 2.45) is 0 Å². The molecule has 3 heteroatoms. The highest BCUT2D eigenvalue weighted by Gasteiger charge is 2.25. The van der Waals surface area contributed by atoms with E-state index in [2.05, 4.69) is 30.0 Å². The second-order valence-corrected chi connectivity index (χ2v) is 4.98. The first-order valence-electron chi connectivity index (χ1n) is 6.80. The number of benzene rings is 1. The van der Waals surface area contributed by atoms with E-state index in [0.29, 0.717) is 13.0 Å². The van der Waals surface area contributed by atoms with Crippen LogP contribution >= 0.6 is 0 Å². The monoisotopic (exact) mass is 259 g/mol. The summed E-state index contributed by atoms with van der Waals surface area (Å²) in [5.41, 5.74) is 2.60. The van der Waals surface area contributed by atoms with E-state index in [1.807, 2.05) is 25.1 Å². The summed E-state index contributed by atoms with van der Waals surface area (Å²) in [4.78, 5) is 13.9. The Hall–Kier alpha value is -1.61. The van der Waals surface area contributed by atoms with Crippen LogP contribution in [0, 0.1) is 0 Å². The number of ether oxygens (including phenoxy) is 1. The van der Waals surface area contributed by atoms with Crippen LogP contribution in [0.4, 0.5) is 0 Å². The Morgan fingerprint density at radius 3 is 2.79 bits per heavy atom. The smallest absolute Gasteiger partial charge is 0.307 e. The Labute approximate surface area is 114 Å². The molecular formula is C16H21NO2. The van der Waals surface area contributed by atoms with E-state index in [0.717, 1.165) is 13.1 Å². The van der Waals surface area contributed by atoms with Crippen LogP contribution in [0.25, 0.3) is 0 Å². The van der Waals surface area contributed by atoms with Crippen molar-refractivity contribution in [2.75, 3.05) is 13.2 Å². The average molecular weight is 259 g/mol. The molecule has 102 valence electrons. The lowest BCUT2D eigenvalue weighted by Crippen LogP contribution is -2.32. The van der Waals surface area contributed by atoms with Crippen LogP contribution < -0.4 is 0 Å². The van der Waals surface area contributed by atoms with E-state index in [4.69, 9.17) is 4.74 Å². The van der Waals surface area contributed by atoms with Gasteiger partial charge in [0.15, 0.2) is 0 Å². The fourth-order valence-corrected chi connectivity index (χ4v) is 2.49. The molecular weight excluding hydrogens is 238 g/mol. The van der Waals surface area contributed by atoms with Gasteiger partial charge < -0.3 is 4.74 Å². The Kier molecular flexibility index (Phi) is 4.74. The molecule has 0 radical (unpaired) electrons. The third kappa shape index (κ3) is 3.93. The zero-order valence-electron chi connectivity index (χ0n) is 11.6. The van der Waals surface area contributed by atoms with E-state index >= 15 is 0 Å². The Balaban J connectivity index is 1.98. The molecule has 1 aromatic carbocycles. The summed E-state index contributed by atoms with van der Waals surface area (Å²) in [6.45, 7) is 6.21. The molecule has 0 amide bonds. The fraction of sp³-hybridized carbons (Fsp3) is 0.438. The predicted molar refractivity (Wildman–Crippen MR) is 75.6 cm³/mol. The molecule has 1 unspecified atom stereocenters. The van der Waals surface area contributed by atoms with Crippen LogP contribution in [-0.2, 0) is 16.1 Å². The molecule has 0 aromatic heterocycles. The van der Waals surface area contributed by atoms with E-state index in [9.17, 15) is 4.79 Å².